The van der Waals surface area contributed by atoms with Gasteiger partial charge >= 0.3 is 0 Å². The summed E-state index contributed by atoms with van der Waals surface area (Å²) in [7, 11) is 0. The van der Waals surface area contributed by atoms with E-state index in [1.807, 2.05) is 0 Å². The topological polar surface area (TPSA) is 21.3 Å². The average Bonchev–Trinajstić information content (AvgIpc) is 2.83. The van der Waals surface area contributed by atoms with E-state index in [0.717, 1.165) is 18.4 Å². The van der Waals surface area contributed by atoms with E-state index in [-0.39, 0.29) is 5.60 Å². The van der Waals surface area contributed by atoms with Crippen LogP contribution in [0.15, 0.2) is 0 Å². The van der Waals surface area contributed by atoms with Gasteiger partial charge in [-0.3, -0.25) is 0 Å². The molecule has 16 heavy (non-hydrogen) atoms. The molecule has 0 radical (unpaired) electrons. The molecule has 0 aromatic heterocycles. The largest absolute Gasteiger partial charge is 0.375 e. The van der Waals surface area contributed by atoms with Crippen LogP contribution >= 0.6 is 11.8 Å². The summed E-state index contributed by atoms with van der Waals surface area (Å²) >= 11 is 2.10. The average molecular weight is 241 g/mol. The normalized spacial score (nSPS) is 39.0. The van der Waals surface area contributed by atoms with Gasteiger partial charge in [-0.1, -0.05) is 0 Å². The molecule has 3 saturated heterocycles. The van der Waals surface area contributed by atoms with Gasteiger partial charge in [0.2, 0.25) is 0 Å². The summed E-state index contributed by atoms with van der Waals surface area (Å²) in [6, 6.07) is 0. The minimum absolute atomic E-state index is 0.288. The number of hydrogen-bond donors (Lipinski definition) is 1. The maximum atomic E-state index is 6.16. The van der Waals surface area contributed by atoms with Crippen molar-refractivity contribution in [3.8, 4) is 0 Å². The van der Waals surface area contributed by atoms with Crippen molar-refractivity contribution in [2.75, 3.05) is 31.2 Å². The third kappa shape index (κ3) is 2.27. The molecule has 2 unspecified atom stereocenters. The van der Waals surface area contributed by atoms with Crippen LogP contribution in [-0.2, 0) is 4.74 Å². The van der Waals surface area contributed by atoms with E-state index in [1.54, 1.807) is 0 Å². The van der Waals surface area contributed by atoms with Gasteiger partial charge in [-0.05, 0) is 68.5 Å². The van der Waals surface area contributed by atoms with Crippen molar-refractivity contribution in [1.29, 1.82) is 0 Å². The molecule has 3 fully saturated rings. The summed E-state index contributed by atoms with van der Waals surface area (Å²) < 4.78 is 6.16. The zero-order valence-corrected chi connectivity index (χ0v) is 10.9. The van der Waals surface area contributed by atoms with Crippen molar-refractivity contribution in [2.45, 2.75) is 37.7 Å². The lowest BCUT2D eigenvalue weighted by Crippen LogP contribution is -2.44. The molecule has 2 atom stereocenters. The van der Waals surface area contributed by atoms with E-state index in [4.69, 9.17) is 4.74 Å². The van der Waals surface area contributed by atoms with Gasteiger partial charge in [0.05, 0.1) is 5.60 Å². The highest BCUT2D eigenvalue weighted by molar-refractivity contribution is 7.99. The van der Waals surface area contributed by atoms with Crippen LogP contribution in [0.4, 0.5) is 0 Å². The second-order valence-corrected chi connectivity index (χ2v) is 6.87. The molecule has 2 nitrogen and oxygen atoms in total. The molecule has 0 aliphatic carbocycles. The molecular weight excluding hydrogens is 218 g/mol. The van der Waals surface area contributed by atoms with Crippen LogP contribution in [0.3, 0.4) is 0 Å². The number of ether oxygens (including phenoxy) is 1. The van der Waals surface area contributed by atoms with Gasteiger partial charge in [0.1, 0.15) is 0 Å². The van der Waals surface area contributed by atoms with Gasteiger partial charge in [-0.25, -0.2) is 0 Å². The predicted molar refractivity (Wildman–Crippen MR) is 68.9 cm³/mol. The highest BCUT2D eigenvalue weighted by atomic mass is 32.2. The highest BCUT2D eigenvalue weighted by Crippen LogP contribution is 2.42. The quantitative estimate of drug-likeness (QED) is 0.761. The molecule has 0 aromatic rings. The van der Waals surface area contributed by atoms with E-state index in [1.165, 1.54) is 56.7 Å². The summed E-state index contributed by atoms with van der Waals surface area (Å²) in [5, 5.41) is 3.52. The molecule has 3 heterocycles. The first-order chi connectivity index (χ1) is 7.88. The van der Waals surface area contributed by atoms with Gasteiger partial charge in [0, 0.05) is 6.61 Å². The van der Waals surface area contributed by atoms with E-state index in [2.05, 4.69) is 17.1 Å². The number of rotatable bonds is 1. The minimum Gasteiger partial charge on any atom is -0.375 e. The van der Waals surface area contributed by atoms with Crippen molar-refractivity contribution in [2.24, 2.45) is 11.8 Å². The lowest BCUT2D eigenvalue weighted by molar-refractivity contribution is -0.109. The van der Waals surface area contributed by atoms with Crippen LogP contribution in [0.5, 0.6) is 0 Å². The molecule has 1 N–H and O–H groups in total. The minimum atomic E-state index is 0.288. The van der Waals surface area contributed by atoms with Gasteiger partial charge in [0.15, 0.2) is 0 Å². The Morgan fingerprint density at radius 2 is 2.00 bits per heavy atom. The Kier molecular flexibility index (Phi) is 3.46. The molecule has 0 aromatic carbocycles. The monoisotopic (exact) mass is 241 g/mol. The Labute approximate surface area is 103 Å². The van der Waals surface area contributed by atoms with Crippen LogP contribution in [0.2, 0.25) is 0 Å². The molecule has 92 valence electrons. The molecule has 3 heteroatoms. The third-order valence-corrected chi connectivity index (χ3v) is 5.69. The molecule has 3 aliphatic rings. The SMILES string of the molecule is C1CC(C2CCOC3(CCSCC3)C2)CN1. The number of nitrogens with one attached hydrogen (secondary N) is 1. The summed E-state index contributed by atoms with van der Waals surface area (Å²) in [5.41, 5.74) is 0.288. The molecule has 0 amide bonds. The lowest BCUT2D eigenvalue weighted by Gasteiger charge is -2.44. The molecule has 3 rings (SSSR count). The zero-order valence-electron chi connectivity index (χ0n) is 10.0. The smallest absolute Gasteiger partial charge is 0.0701 e. The Bertz CT molecular complexity index is 229. The molecule has 3 aliphatic heterocycles. The van der Waals surface area contributed by atoms with Crippen LogP contribution in [-0.4, -0.2) is 36.8 Å². The first-order valence-corrected chi connectivity index (χ1v) is 7.96. The maximum Gasteiger partial charge on any atom is 0.0701 e. The summed E-state index contributed by atoms with van der Waals surface area (Å²) in [5.74, 6) is 4.51. The second-order valence-electron chi connectivity index (χ2n) is 5.65. The van der Waals surface area contributed by atoms with E-state index < -0.39 is 0 Å². The summed E-state index contributed by atoms with van der Waals surface area (Å²) in [6.07, 6.45) is 6.65. The van der Waals surface area contributed by atoms with Gasteiger partial charge in [-0.2, -0.15) is 11.8 Å². The van der Waals surface area contributed by atoms with Gasteiger partial charge in [0.25, 0.3) is 0 Å². The molecule has 0 bridgehead atoms. The fourth-order valence-electron chi connectivity index (χ4n) is 3.64. The Balaban J connectivity index is 1.64. The molecule has 1 spiro atoms. The maximum absolute atomic E-state index is 6.16. The Morgan fingerprint density at radius 3 is 2.75 bits per heavy atom. The van der Waals surface area contributed by atoms with Crippen LogP contribution < -0.4 is 5.32 Å². The van der Waals surface area contributed by atoms with Gasteiger partial charge in [-0.15, -0.1) is 0 Å². The fourth-order valence-corrected chi connectivity index (χ4v) is 4.88. The predicted octanol–water partition coefficient (Wildman–Crippen LogP) is 2.29. The highest BCUT2D eigenvalue weighted by Gasteiger charge is 2.41. The second kappa shape index (κ2) is 4.87. The lowest BCUT2D eigenvalue weighted by atomic mass is 9.76. The van der Waals surface area contributed by atoms with Gasteiger partial charge < -0.3 is 10.1 Å². The number of thioether (sulfide) groups is 1. The van der Waals surface area contributed by atoms with Crippen molar-refractivity contribution >= 4 is 11.8 Å². The molecular formula is C13H23NOS. The van der Waals surface area contributed by atoms with E-state index in [9.17, 15) is 0 Å². The standard InChI is InChI=1S/C13H23NOS/c1-5-14-10-12(1)11-2-6-15-13(9-11)3-7-16-8-4-13/h11-12,14H,1-10H2. The third-order valence-electron chi connectivity index (χ3n) is 4.70. The van der Waals surface area contributed by atoms with Crippen molar-refractivity contribution < 1.29 is 4.74 Å². The van der Waals surface area contributed by atoms with E-state index in [0.29, 0.717) is 0 Å². The first kappa shape index (κ1) is 11.4. The van der Waals surface area contributed by atoms with Crippen molar-refractivity contribution in [3.63, 3.8) is 0 Å². The van der Waals surface area contributed by atoms with Crippen LogP contribution in [0, 0.1) is 11.8 Å². The van der Waals surface area contributed by atoms with Crippen LogP contribution in [0.1, 0.15) is 32.1 Å². The first-order valence-electron chi connectivity index (χ1n) is 6.80. The van der Waals surface area contributed by atoms with Crippen LogP contribution in [0.25, 0.3) is 0 Å². The number of hydrogen-bond acceptors (Lipinski definition) is 3. The zero-order chi connectivity index (χ0) is 10.8. The van der Waals surface area contributed by atoms with E-state index >= 15 is 0 Å². The fraction of sp³-hybridized carbons (Fsp3) is 1.00. The Morgan fingerprint density at radius 1 is 1.12 bits per heavy atom. The summed E-state index contributed by atoms with van der Waals surface area (Å²) in [6.45, 7) is 3.52. The molecule has 0 saturated carbocycles. The Hall–Kier alpha value is 0.270. The van der Waals surface area contributed by atoms with Crippen molar-refractivity contribution in [3.05, 3.63) is 0 Å². The van der Waals surface area contributed by atoms with Crippen molar-refractivity contribution in [1.82, 2.24) is 5.32 Å². The summed E-state index contributed by atoms with van der Waals surface area (Å²) in [4.78, 5) is 0.